The molecule has 0 aliphatic carbocycles. The van der Waals surface area contributed by atoms with Crippen molar-refractivity contribution in [1.29, 1.82) is 5.39 Å². The minimum atomic E-state index is -6.00. The molecule has 0 unspecified atom stereocenters. The van der Waals surface area contributed by atoms with Gasteiger partial charge < -0.3 is 17.3 Å². The van der Waals surface area contributed by atoms with Gasteiger partial charge in [-0.2, -0.15) is 0 Å². The van der Waals surface area contributed by atoms with Crippen molar-refractivity contribution < 1.29 is 26.6 Å². The second-order valence-electron chi connectivity index (χ2n) is 2.49. The fraction of sp³-hybridized carbons (Fsp3) is 0. The maximum Gasteiger partial charge on any atom is 0.673 e. The Bertz CT molecular complexity index is 452. The number of hydrogen-bond acceptors (Lipinski definition) is 3. The summed E-state index contributed by atoms with van der Waals surface area (Å²) in [6.07, 6.45) is 0. The summed E-state index contributed by atoms with van der Waals surface area (Å²) in [5.74, 6) is -0.742. The van der Waals surface area contributed by atoms with Gasteiger partial charge in [-0.1, -0.05) is 0 Å². The van der Waals surface area contributed by atoms with Crippen LogP contribution in [-0.2, 0) is 0 Å². The lowest BCUT2D eigenvalue weighted by molar-refractivity contribution is -0.384. The SMILES string of the molecule is F[B-](F)(F)F.N#[N+]c1ccc(F)cc1[N+](=O)[O-]. The van der Waals surface area contributed by atoms with Crippen LogP contribution in [0.25, 0.3) is 4.98 Å². The normalized spacial score (nSPS) is 9.88. The van der Waals surface area contributed by atoms with Crippen LogP contribution in [0.4, 0.5) is 33.0 Å². The van der Waals surface area contributed by atoms with Crippen LogP contribution in [0.5, 0.6) is 0 Å². The molecule has 0 saturated heterocycles. The van der Waals surface area contributed by atoms with E-state index < -0.39 is 23.7 Å². The lowest BCUT2D eigenvalue weighted by Gasteiger charge is -1.94. The fourth-order valence-corrected chi connectivity index (χ4v) is 0.727. The van der Waals surface area contributed by atoms with Gasteiger partial charge in [0.05, 0.1) is 11.0 Å². The zero-order valence-corrected chi connectivity index (χ0v) is 7.86. The molecule has 0 radical (unpaired) electrons. The molecule has 0 bridgehead atoms. The van der Waals surface area contributed by atoms with E-state index in [4.69, 9.17) is 5.39 Å². The Morgan fingerprint density at radius 3 is 2.12 bits per heavy atom. The Labute approximate surface area is 90.7 Å². The van der Waals surface area contributed by atoms with E-state index in [1.165, 1.54) is 0 Å². The molecule has 11 heteroatoms. The first-order valence-corrected chi connectivity index (χ1v) is 3.81. The molecule has 17 heavy (non-hydrogen) atoms. The van der Waals surface area contributed by atoms with Gasteiger partial charge in [-0.05, 0) is 6.07 Å². The molecular weight excluding hydrogens is 252 g/mol. The monoisotopic (exact) mass is 255 g/mol. The zero-order valence-electron chi connectivity index (χ0n) is 7.86. The van der Waals surface area contributed by atoms with Crippen LogP contribution in [-0.4, -0.2) is 12.2 Å². The molecule has 0 heterocycles. The molecular formula is C6H3BF5N3O2. The fourth-order valence-electron chi connectivity index (χ4n) is 0.727. The second kappa shape index (κ2) is 5.73. The number of halogens is 5. The van der Waals surface area contributed by atoms with Crippen LogP contribution >= 0.6 is 0 Å². The average molecular weight is 255 g/mol. The summed E-state index contributed by atoms with van der Waals surface area (Å²) in [5.41, 5.74) is -0.820. The van der Waals surface area contributed by atoms with Crippen molar-refractivity contribution in [3.05, 3.63) is 39.1 Å². The van der Waals surface area contributed by atoms with E-state index in [0.717, 1.165) is 12.1 Å². The molecule has 1 aromatic rings. The maximum absolute atomic E-state index is 12.4. The summed E-state index contributed by atoms with van der Waals surface area (Å²) in [5, 5.41) is 18.5. The van der Waals surface area contributed by atoms with E-state index in [9.17, 15) is 31.8 Å². The summed E-state index contributed by atoms with van der Waals surface area (Å²) < 4.78 is 51.4. The molecule has 0 aliphatic rings. The lowest BCUT2D eigenvalue weighted by atomic mass is 10.3. The van der Waals surface area contributed by atoms with E-state index in [2.05, 4.69) is 4.98 Å². The van der Waals surface area contributed by atoms with Crippen molar-refractivity contribution >= 4 is 18.6 Å². The smallest absolute Gasteiger partial charge is 0.418 e. The molecule has 0 spiro atoms. The summed E-state index contributed by atoms with van der Waals surface area (Å²) in [4.78, 5) is 12.0. The van der Waals surface area contributed by atoms with Crippen LogP contribution in [0, 0.1) is 21.3 Å². The van der Waals surface area contributed by atoms with Gasteiger partial charge in [0.15, 0.2) is 4.98 Å². The lowest BCUT2D eigenvalue weighted by Crippen LogP contribution is -2.02. The van der Waals surface area contributed by atoms with Crippen molar-refractivity contribution in [1.82, 2.24) is 0 Å². The number of rotatable bonds is 1. The Morgan fingerprint density at radius 1 is 1.29 bits per heavy atom. The Balaban J connectivity index is 0.000000437. The van der Waals surface area contributed by atoms with E-state index in [-0.39, 0.29) is 5.69 Å². The van der Waals surface area contributed by atoms with Crippen LogP contribution in [0.3, 0.4) is 0 Å². The molecule has 0 aromatic heterocycles. The van der Waals surface area contributed by atoms with Crippen molar-refractivity contribution in [3.63, 3.8) is 0 Å². The van der Waals surface area contributed by atoms with Gasteiger partial charge in [-0.15, -0.1) is 0 Å². The first-order chi connectivity index (χ1) is 7.65. The molecule has 1 aromatic carbocycles. The molecule has 92 valence electrons. The summed E-state index contributed by atoms with van der Waals surface area (Å²) in [6.45, 7) is 0. The third-order valence-corrected chi connectivity index (χ3v) is 1.24. The number of nitrogens with zero attached hydrogens (tertiary/aromatic N) is 3. The van der Waals surface area contributed by atoms with E-state index >= 15 is 0 Å². The van der Waals surface area contributed by atoms with Gasteiger partial charge in [0.1, 0.15) is 5.82 Å². The number of benzene rings is 1. The summed E-state index contributed by atoms with van der Waals surface area (Å²) in [7, 11) is -6.00. The van der Waals surface area contributed by atoms with Gasteiger partial charge in [0.25, 0.3) is 0 Å². The van der Waals surface area contributed by atoms with Gasteiger partial charge >= 0.3 is 18.6 Å². The van der Waals surface area contributed by atoms with Crippen molar-refractivity contribution in [2.24, 2.45) is 0 Å². The predicted octanol–water partition coefficient (Wildman–Crippen LogP) is 3.52. The number of nitro benzene ring substituents is 1. The van der Waals surface area contributed by atoms with Gasteiger partial charge in [-0.25, -0.2) is 4.39 Å². The third kappa shape index (κ3) is 6.77. The van der Waals surface area contributed by atoms with E-state index in [1.807, 2.05) is 0 Å². The highest BCUT2D eigenvalue weighted by molar-refractivity contribution is 6.50. The van der Waals surface area contributed by atoms with Crippen LogP contribution in [0.2, 0.25) is 0 Å². The van der Waals surface area contributed by atoms with Crippen molar-refractivity contribution in [2.75, 3.05) is 0 Å². The highest BCUT2D eigenvalue weighted by atomic mass is 19.5. The first kappa shape index (κ1) is 14.8. The number of diazo groups is 1. The predicted molar refractivity (Wildman–Crippen MR) is 48.0 cm³/mol. The Kier molecular flexibility index (Phi) is 4.98. The van der Waals surface area contributed by atoms with Crippen LogP contribution in [0.15, 0.2) is 18.2 Å². The minimum Gasteiger partial charge on any atom is -0.418 e. The van der Waals surface area contributed by atoms with Crippen LogP contribution < -0.4 is 0 Å². The van der Waals surface area contributed by atoms with Gasteiger partial charge in [-0.3, -0.25) is 10.1 Å². The summed E-state index contributed by atoms with van der Waals surface area (Å²) in [6, 6.07) is 2.69. The molecule has 0 amide bonds. The second-order valence-corrected chi connectivity index (χ2v) is 2.49. The Morgan fingerprint density at radius 2 is 1.76 bits per heavy atom. The van der Waals surface area contributed by atoms with Crippen molar-refractivity contribution in [3.8, 4) is 0 Å². The van der Waals surface area contributed by atoms with E-state index in [0.29, 0.717) is 6.07 Å². The standard InChI is InChI=1S/C6H3FN3O2.BF4/c7-4-1-2-5(9-8)6(3-4)10(11)12;2-1(3,4)5/h1-3H;/q+1;-1. The number of nitro groups is 1. The zero-order chi connectivity index (χ0) is 13.6. The van der Waals surface area contributed by atoms with Crippen molar-refractivity contribution in [2.45, 2.75) is 0 Å². The third-order valence-electron chi connectivity index (χ3n) is 1.24. The molecule has 5 nitrogen and oxygen atoms in total. The van der Waals surface area contributed by atoms with Gasteiger partial charge in [0.2, 0.25) is 5.39 Å². The quantitative estimate of drug-likeness (QED) is 0.253. The molecule has 0 atom stereocenters. The number of hydrogen-bond donors (Lipinski definition) is 0. The molecule has 0 saturated carbocycles. The topological polar surface area (TPSA) is 71.3 Å². The minimum absolute atomic E-state index is 0.263. The van der Waals surface area contributed by atoms with Crippen LogP contribution in [0.1, 0.15) is 0 Å². The Hall–Kier alpha value is -2.25. The van der Waals surface area contributed by atoms with Gasteiger partial charge in [0, 0.05) is 6.07 Å². The average Bonchev–Trinajstić information content (AvgIpc) is 2.15. The molecule has 0 aliphatic heterocycles. The van der Waals surface area contributed by atoms with E-state index in [1.54, 1.807) is 0 Å². The maximum atomic E-state index is 12.4. The highest BCUT2D eigenvalue weighted by Gasteiger charge is 2.24. The summed E-state index contributed by atoms with van der Waals surface area (Å²) >= 11 is 0. The largest absolute Gasteiger partial charge is 0.673 e. The molecule has 0 N–H and O–H groups in total. The molecule has 0 fully saturated rings. The molecule has 1 rings (SSSR count). The first-order valence-electron chi connectivity index (χ1n) is 3.81. The highest BCUT2D eigenvalue weighted by Crippen LogP contribution is 2.27.